The molecule has 1 aromatic carbocycles. The highest BCUT2D eigenvalue weighted by Crippen LogP contribution is 2.31. The maximum absolute atomic E-state index is 13.4. The number of hydrogen-bond donors (Lipinski definition) is 1. The van der Waals surface area contributed by atoms with Crippen LogP contribution in [0.3, 0.4) is 0 Å². The lowest BCUT2D eigenvalue weighted by molar-refractivity contribution is 0.102. The molecule has 0 spiro atoms. The Morgan fingerprint density at radius 2 is 1.86 bits per heavy atom. The van der Waals surface area contributed by atoms with Crippen molar-refractivity contribution in [2.45, 2.75) is 51.6 Å². The predicted octanol–water partition coefficient (Wildman–Crippen LogP) is 3.68. The van der Waals surface area contributed by atoms with E-state index in [1.165, 1.54) is 0 Å². The van der Waals surface area contributed by atoms with Crippen molar-refractivity contribution in [2.75, 3.05) is 32.1 Å². The van der Waals surface area contributed by atoms with Crippen LogP contribution in [-0.2, 0) is 19.4 Å². The topological polar surface area (TPSA) is 105 Å². The van der Waals surface area contributed by atoms with Crippen molar-refractivity contribution < 1.29 is 14.3 Å². The van der Waals surface area contributed by atoms with Crippen LogP contribution in [0.2, 0.25) is 0 Å². The number of likely N-dealkylation sites (tertiary alicyclic amines) is 1. The number of aromatic nitrogens is 4. The van der Waals surface area contributed by atoms with Gasteiger partial charge in [-0.1, -0.05) is 6.07 Å². The molecule has 3 amide bonds. The molecule has 0 unspecified atom stereocenters. The van der Waals surface area contributed by atoms with Crippen molar-refractivity contribution in [1.82, 2.24) is 29.5 Å². The minimum absolute atomic E-state index is 0.0836. The Kier molecular flexibility index (Phi) is 6.02. The van der Waals surface area contributed by atoms with Gasteiger partial charge < -0.3 is 24.4 Å². The number of hydrogen-bond acceptors (Lipinski definition) is 6. The number of anilines is 1. The molecule has 1 fully saturated rings. The summed E-state index contributed by atoms with van der Waals surface area (Å²) < 4.78 is 7.70. The lowest BCUT2D eigenvalue weighted by Gasteiger charge is -2.32. The van der Waals surface area contributed by atoms with Crippen LogP contribution < -0.4 is 10.1 Å². The summed E-state index contributed by atoms with van der Waals surface area (Å²) >= 11 is 0. The molecule has 10 heteroatoms. The second-order valence-electron chi connectivity index (χ2n) is 10.0. The van der Waals surface area contributed by atoms with E-state index in [-0.39, 0.29) is 11.9 Å². The molecule has 0 radical (unpaired) electrons. The molecule has 3 aliphatic heterocycles. The van der Waals surface area contributed by atoms with E-state index in [1.54, 1.807) is 13.2 Å². The van der Waals surface area contributed by atoms with E-state index in [0.717, 1.165) is 62.1 Å². The minimum Gasteiger partial charge on any atom is -0.496 e. The third-order valence-electron chi connectivity index (χ3n) is 7.64. The second-order valence-corrected chi connectivity index (χ2v) is 10.0. The number of nitrogens with one attached hydrogen (secondary N) is 1. The number of aryl methyl sites for hydroxylation is 1. The van der Waals surface area contributed by atoms with Gasteiger partial charge in [0.15, 0.2) is 5.82 Å². The fourth-order valence-corrected chi connectivity index (χ4v) is 5.62. The van der Waals surface area contributed by atoms with Gasteiger partial charge in [0.1, 0.15) is 23.1 Å². The molecular formula is C27H31N7O3. The third-order valence-corrected chi connectivity index (χ3v) is 7.64. The summed E-state index contributed by atoms with van der Waals surface area (Å²) in [5.74, 6) is 2.30. The summed E-state index contributed by atoms with van der Waals surface area (Å²) in [6.45, 7) is 4.94. The lowest BCUT2D eigenvalue weighted by atomic mass is 9.96. The van der Waals surface area contributed by atoms with Crippen LogP contribution in [0, 0.1) is 0 Å². The average molecular weight is 502 g/mol. The molecule has 37 heavy (non-hydrogen) atoms. The first-order valence-electron chi connectivity index (χ1n) is 13.0. The molecule has 1 atom stereocenters. The van der Waals surface area contributed by atoms with E-state index in [2.05, 4.69) is 32.0 Å². The Morgan fingerprint density at radius 3 is 2.68 bits per heavy atom. The van der Waals surface area contributed by atoms with Gasteiger partial charge in [-0.25, -0.2) is 9.78 Å². The van der Waals surface area contributed by atoms with Gasteiger partial charge >= 0.3 is 6.03 Å². The fourth-order valence-electron chi connectivity index (χ4n) is 5.62. The summed E-state index contributed by atoms with van der Waals surface area (Å²) in [6.07, 6.45) is 4.80. The molecule has 3 aliphatic rings. The van der Waals surface area contributed by atoms with Gasteiger partial charge in [-0.3, -0.25) is 4.79 Å². The van der Waals surface area contributed by atoms with Crippen LogP contribution in [0.25, 0.3) is 11.5 Å². The molecule has 6 rings (SSSR count). The maximum atomic E-state index is 13.4. The van der Waals surface area contributed by atoms with Crippen LogP contribution in [0.15, 0.2) is 30.3 Å². The number of pyridine rings is 1. The average Bonchev–Trinajstić information content (AvgIpc) is 3.67. The highest BCUT2D eigenvalue weighted by atomic mass is 16.5. The molecule has 0 aliphatic carbocycles. The molecule has 192 valence electrons. The lowest BCUT2D eigenvalue weighted by Crippen LogP contribution is -2.44. The van der Waals surface area contributed by atoms with E-state index in [0.29, 0.717) is 47.8 Å². The summed E-state index contributed by atoms with van der Waals surface area (Å²) in [5.41, 5.74) is 3.16. The molecule has 5 heterocycles. The van der Waals surface area contributed by atoms with Crippen LogP contribution in [0.1, 0.15) is 59.5 Å². The second kappa shape index (κ2) is 9.49. The smallest absolute Gasteiger partial charge is 0.320 e. The van der Waals surface area contributed by atoms with Gasteiger partial charge in [-0.15, -0.1) is 10.2 Å². The van der Waals surface area contributed by atoms with Crippen molar-refractivity contribution in [3.8, 4) is 17.3 Å². The Morgan fingerprint density at radius 1 is 1.03 bits per heavy atom. The summed E-state index contributed by atoms with van der Waals surface area (Å²) in [6, 6.07) is 9.66. The Bertz CT molecular complexity index is 1360. The zero-order valence-corrected chi connectivity index (χ0v) is 21.2. The number of carbonyl (C=O) groups excluding carboxylic acids is 2. The quantitative estimate of drug-likeness (QED) is 0.585. The zero-order valence-electron chi connectivity index (χ0n) is 21.2. The van der Waals surface area contributed by atoms with Gasteiger partial charge in [-0.2, -0.15) is 0 Å². The molecule has 0 saturated carbocycles. The first-order valence-corrected chi connectivity index (χ1v) is 13.0. The van der Waals surface area contributed by atoms with E-state index >= 15 is 0 Å². The summed E-state index contributed by atoms with van der Waals surface area (Å²) in [4.78, 5) is 34.8. The maximum Gasteiger partial charge on any atom is 0.320 e. The molecule has 10 nitrogen and oxygen atoms in total. The summed E-state index contributed by atoms with van der Waals surface area (Å²) in [5, 5.41) is 11.6. The SMILES string of the molecule is COc1cc2c(cc1C(=O)Nc1cccc(-c3nnc4n3[C@H](C)CC4)n1)CN(C(=O)N1CCCC1)CC2. The fraction of sp³-hybridized carbons (Fsp3) is 0.444. The van der Waals surface area contributed by atoms with E-state index < -0.39 is 0 Å². The van der Waals surface area contributed by atoms with Crippen molar-refractivity contribution in [3.05, 3.63) is 52.8 Å². The van der Waals surface area contributed by atoms with Crippen molar-refractivity contribution in [2.24, 2.45) is 0 Å². The Labute approximate surface area is 215 Å². The highest BCUT2D eigenvalue weighted by Gasteiger charge is 2.29. The van der Waals surface area contributed by atoms with Crippen LogP contribution in [0.5, 0.6) is 5.75 Å². The molecule has 3 aromatic rings. The molecular weight excluding hydrogens is 470 g/mol. The first-order chi connectivity index (χ1) is 18.0. The minimum atomic E-state index is -0.313. The number of fused-ring (bicyclic) bond motifs is 2. The van der Waals surface area contributed by atoms with Gasteiger partial charge in [-0.05, 0) is 68.0 Å². The number of ether oxygens (including phenoxy) is 1. The molecule has 0 bridgehead atoms. The monoisotopic (exact) mass is 501 g/mol. The van der Waals surface area contributed by atoms with E-state index in [4.69, 9.17) is 4.74 Å². The number of methoxy groups -OCH3 is 1. The zero-order chi connectivity index (χ0) is 25.5. The molecule has 2 aromatic heterocycles. The number of benzene rings is 1. The van der Waals surface area contributed by atoms with Crippen LogP contribution in [-0.4, -0.2) is 68.2 Å². The van der Waals surface area contributed by atoms with Gasteiger partial charge in [0.25, 0.3) is 5.91 Å². The Hall–Kier alpha value is -3.95. The van der Waals surface area contributed by atoms with Gasteiger partial charge in [0.05, 0.1) is 12.7 Å². The number of rotatable bonds is 4. The number of carbonyl (C=O) groups is 2. The van der Waals surface area contributed by atoms with Crippen LogP contribution >= 0.6 is 0 Å². The predicted molar refractivity (Wildman–Crippen MR) is 138 cm³/mol. The van der Waals surface area contributed by atoms with Crippen LogP contribution in [0.4, 0.5) is 10.6 Å². The van der Waals surface area contributed by atoms with Crippen molar-refractivity contribution in [1.29, 1.82) is 0 Å². The standard InChI is InChI=1S/C27H31N7O3/c1-17-8-9-24-30-31-25(34(17)24)21-6-5-7-23(28-21)29-26(35)20-14-19-16-33(27(36)32-11-3-4-12-32)13-10-18(19)15-22(20)37-2/h5-7,14-15,17H,3-4,8-13,16H2,1-2H3,(H,28,29,35)/t17-/m1/s1. The number of urea groups is 1. The van der Waals surface area contributed by atoms with Crippen molar-refractivity contribution >= 4 is 17.8 Å². The molecule has 1 saturated heterocycles. The van der Waals surface area contributed by atoms with Gasteiger partial charge in [0, 0.05) is 38.6 Å². The number of nitrogens with zero attached hydrogens (tertiary/aromatic N) is 6. The van der Waals surface area contributed by atoms with E-state index in [9.17, 15) is 9.59 Å². The molecule has 1 N–H and O–H groups in total. The van der Waals surface area contributed by atoms with Crippen molar-refractivity contribution in [3.63, 3.8) is 0 Å². The Balaban J connectivity index is 1.23. The largest absolute Gasteiger partial charge is 0.496 e. The van der Waals surface area contributed by atoms with E-state index in [1.807, 2.05) is 34.1 Å². The summed E-state index contributed by atoms with van der Waals surface area (Å²) in [7, 11) is 1.57. The normalized spacial score (nSPS) is 18.5. The third kappa shape index (κ3) is 4.30. The number of amides is 3. The highest BCUT2D eigenvalue weighted by molar-refractivity contribution is 6.06. The van der Waals surface area contributed by atoms with Gasteiger partial charge in [0.2, 0.25) is 0 Å². The first kappa shape index (κ1) is 23.4.